The molecule has 0 aliphatic heterocycles. The Morgan fingerprint density at radius 3 is 1.12 bits per heavy atom. The van der Waals surface area contributed by atoms with Gasteiger partial charge in [-0.1, -0.05) is 262 Å². The van der Waals surface area contributed by atoms with Crippen molar-refractivity contribution >= 4 is 17.9 Å². The van der Waals surface area contributed by atoms with Gasteiger partial charge in [0.2, 0.25) is 0 Å². The topological polar surface area (TPSA) is 108 Å². The quantitative estimate of drug-likeness (QED) is 0.0211. The van der Waals surface area contributed by atoms with E-state index in [4.69, 9.17) is 18.9 Å². The number of carbonyl (C=O) groups excluding carboxylic acids is 2. The minimum absolute atomic E-state index is 0.183. The third-order valence-electron chi connectivity index (χ3n) is 14.1. The van der Waals surface area contributed by atoms with Crippen molar-refractivity contribution in [3.05, 3.63) is 48.6 Å². The van der Waals surface area contributed by atoms with Gasteiger partial charge < -0.3 is 28.5 Å². The summed E-state index contributed by atoms with van der Waals surface area (Å²) in [5, 5.41) is 9.68. The minimum atomic E-state index is -1.51. The van der Waals surface area contributed by atoms with Crippen molar-refractivity contribution in [2.75, 3.05) is 47.5 Å². The van der Waals surface area contributed by atoms with Gasteiger partial charge in [0, 0.05) is 12.8 Å². The number of carboxylic acids is 1. The van der Waals surface area contributed by atoms with Crippen LogP contribution in [0.15, 0.2) is 48.6 Å². The largest absolute Gasteiger partial charge is 0.477 e. The molecule has 0 fully saturated rings. The number of allylic oxidation sites excluding steroid dienone is 8. The molecule has 9 nitrogen and oxygen atoms in total. The van der Waals surface area contributed by atoms with Gasteiger partial charge in [-0.25, -0.2) is 4.79 Å². The summed E-state index contributed by atoms with van der Waals surface area (Å²) in [5.74, 6) is -2.00. The van der Waals surface area contributed by atoms with E-state index >= 15 is 0 Å². The van der Waals surface area contributed by atoms with E-state index in [1.54, 1.807) is 0 Å². The molecule has 0 bridgehead atoms. The number of nitrogens with zero attached hydrogens (tertiary/aromatic N) is 1. The Bertz CT molecular complexity index is 1370. The molecular formula is C66H122NO8+. The van der Waals surface area contributed by atoms with Crippen LogP contribution in [-0.2, 0) is 33.3 Å². The standard InChI is InChI=1S/C66H121NO8/c1-6-8-10-12-14-16-18-19-20-21-22-23-24-25-26-27-28-29-30-31-32-33-34-35-36-37-38-39-40-41-42-43-44-45-47-49-51-53-55-57-64(69)75-62(61-74-66(65(70)71)72-59-58-67(3,4)5)60-73-63(68)56-54-52-50-48-46-17-15-13-11-9-7-2/h13,15,18-19,21-22,24-25,62,66H,6-12,14,16-17,20,23,26-61H2,1-5H3/p+1/b15-13-,19-18-,22-21-,25-24-. The molecule has 0 aliphatic carbocycles. The Labute approximate surface area is 463 Å². The number of hydrogen-bond donors (Lipinski definition) is 1. The number of likely N-dealkylation sites (N-methyl/N-ethyl adjacent to an activating group) is 1. The predicted octanol–water partition coefficient (Wildman–Crippen LogP) is 19.0. The average Bonchev–Trinajstić information content (AvgIpc) is 3.38. The lowest BCUT2D eigenvalue weighted by Gasteiger charge is -2.25. The van der Waals surface area contributed by atoms with Crippen LogP contribution >= 0.6 is 0 Å². The van der Waals surface area contributed by atoms with Gasteiger partial charge >= 0.3 is 17.9 Å². The minimum Gasteiger partial charge on any atom is -0.477 e. The first-order valence-corrected chi connectivity index (χ1v) is 31.8. The number of quaternary nitrogens is 1. The Kier molecular flexibility index (Phi) is 55.3. The van der Waals surface area contributed by atoms with Gasteiger partial charge in [-0.3, -0.25) is 9.59 Å². The summed E-state index contributed by atoms with van der Waals surface area (Å²) in [4.78, 5) is 37.3. The summed E-state index contributed by atoms with van der Waals surface area (Å²) in [6.45, 7) is 4.84. The van der Waals surface area contributed by atoms with E-state index in [0.717, 1.165) is 77.0 Å². The number of carboxylic acid groups (broad SMARTS) is 1. The molecule has 0 amide bonds. The second-order valence-corrected chi connectivity index (χ2v) is 22.7. The molecule has 0 aromatic carbocycles. The van der Waals surface area contributed by atoms with Crippen molar-refractivity contribution < 1.29 is 42.9 Å². The van der Waals surface area contributed by atoms with Crippen LogP contribution in [0.5, 0.6) is 0 Å². The highest BCUT2D eigenvalue weighted by Gasteiger charge is 2.25. The van der Waals surface area contributed by atoms with Crippen molar-refractivity contribution in [2.45, 2.75) is 309 Å². The van der Waals surface area contributed by atoms with Gasteiger partial charge in [0.1, 0.15) is 13.2 Å². The highest BCUT2D eigenvalue weighted by atomic mass is 16.7. The molecule has 0 spiro atoms. The van der Waals surface area contributed by atoms with Crippen molar-refractivity contribution in [3.63, 3.8) is 0 Å². The maximum atomic E-state index is 12.9. The molecule has 438 valence electrons. The first-order chi connectivity index (χ1) is 36.6. The molecular weight excluding hydrogens is 935 g/mol. The van der Waals surface area contributed by atoms with Crippen LogP contribution in [0.3, 0.4) is 0 Å². The Balaban J connectivity index is 3.91. The maximum Gasteiger partial charge on any atom is 0.361 e. The lowest BCUT2D eigenvalue weighted by molar-refractivity contribution is -0.870. The zero-order valence-electron chi connectivity index (χ0n) is 50.0. The van der Waals surface area contributed by atoms with Gasteiger partial charge in [0.25, 0.3) is 6.29 Å². The number of ether oxygens (including phenoxy) is 4. The van der Waals surface area contributed by atoms with Crippen LogP contribution in [0.25, 0.3) is 0 Å². The first kappa shape index (κ1) is 72.2. The molecule has 0 aliphatic rings. The molecule has 9 heteroatoms. The second kappa shape index (κ2) is 57.4. The zero-order chi connectivity index (χ0) is 54.8. The molecule has 2 atom stereocenters. The number of esters is 2. The SMILES string of the molecule is CCCC/C=C\CCCCCCCC(=O)OCC(COC(OCC[N+](C)(C)C)C(=O)O)OC(=O)CCCCCCCCCCCCCCCCCCCCCCCCCC/C=C\C/C=C\C/C=C\CCCCCCC. The molecule has 0 saturated carbocycles. The Hall–Kier alpha value is -2.75. The number of hydrogen-bond acceptors (Lipinski definition) is 7. The molecule has 0 radical (unpaired) electrons. The average molecular weight is 1060 g/mol. The summed E-state index contributed by atoms with van der Waals surface area (Å²) in [5.41, 5.74) is 0. The van der Waals surface area contributed by atoms with Crippen molar-refractivity contribution in [1.82, 2.24) is 0 Å². The fraction of sp³-hybridized carbons (Fsp3) is 0.833. The summed E-state index contributed by atoms with van der Waals surface area (Å²) in [6.07, 6.45) is 69.6. The lowest BCUT2D eigenvalue weighted by Crippen LogP contribution is -2.40. The molecule has 2 unspecified atom stereocenters. The van der Waals surface area contributed by atoms with E-state index in [-0.39, 0.29) is 32.2 Å². The lowest BCUT2D eigenvalue weighted by atomic mass is 10.0. The predicted molar refractivity (Wildman–Crippen MR) is 318 cm³/mol. The molecule has 0 aromatic heterocycles. The number of carbonyl (C=O) groups is 3. The van der Waals surface area contributed by atoms with Gasteiger partial charge in [-0.2, -0.15) is 0 Å². The number of aliphatic carboxylic acids is 1. The van der Waals surface area contributed by atoms with Crippen molar-refractivity contribution in [1.29, 1.82) is 0 Å². The van der Waals surface area contributed by atoms with Gasteiger partial charge in [0.15, 0.2) is 6.10 Å². The third-order valence-corrected chi connectivity index (χ3v) is 14.1. The number of rotatable bonds is 59. The van der Waals surface area contributed by atoms with Crippen LogP contribution in [0.4, 0.5) is 0 Å². The van der Waals surface area contributed by atoms with Crippen LogP contribution in [0.2, 0.25) is 0 Å². The van der Waals surface area contributed by atoms with Crippen LogP contribution in [-0.4, -0.2) is 87.4 Å². The molecule has 0 heterocycles. The highest BCUT2D eigenvalue weighted by molar-refractivity contribution is 5.71. The van der Waals surface area contributed by atoms with E-state index in [0.29, 0.717) is 17.4 Å². The summed E-state index contributed by atoms with van der Waals surface area (Å²) in [7, 11) is 5.97. The molecule has 0 saturated heterocycles. The molecule has 0 aromatic rings. The van der Waals surface area contributed by atoms with Gasteiger partial charge in [-0.05, 0) is 70.6 Å². The maximum absolute atomic E-state index is 12.9. The van der Waals surface area contributed by atoms with Crippen molar-refractivity contribution in [2.24, 2.45) is 0 Å². The van der Waals surface area contributed by atoms with Crippen LogP contribution in [0, 0.1) is 0 Å². The van der Waals surface area contributed by atoms with E-state index < -0.39 is 24.3 Å². The summed E-state index contributed by atoms with van der Waals surface area (Å²) < 4.78 is 22.8. The van der Waals surface area contributed by atoms with E-state index in [1.165, 1.54) is 193 Å². The Morgan fingerprint density at radius 2 is 0.733 bits per heavy atom. The fourth-order valence-corrected chi connectivity index (χ4v) is 9.12. The first-order valence-electron chi connectivity index (χ1n) is 31.8. The number of unbranched alkanes of at least 4 members (excludes halogenated alkanes) is 36. The normalized spacial score (nSPS) is 13.0. The van der Waals surface area contributed by atoms with Crippen LogP contribution in [0.1, 0.15) is 296 Å². The fourth-order valence-electron chi connectivity index (χ4n) is 9.12. The van der Waals surface area contributed by atoms with E-state index in [1.807, 2.05) is 21.1 Å². The van der Waals surface area contributed by atoms with Gasteiger partial charge in [0.05, 0.1) is 34.4 Å². The van der Waals surface area contributed by atoms with E-state index in [9.17, 15) is 19.5 Å². The molecule has 1 N–H and O–H groups in total. The smallest absolute Gasteiger partial charge is 0.361 e. The Morgan fingerprint density at radius 1 is 0.400 bits per heavy atom. The monoisotopic (exact) mass is 1060 g/mol. The van der Waals surface area contributed by atoms with E-state index in [2.05, 4.69) is 62.5 Å². The second-order valence-electron chi connectivity index (χ2n) is 22.7. The molecule has 75 heavy (non-hydrogen) atoms. The van der Waals surface area contributed by atoms with Crippen LogP contribution < -0.4 is 0 Å². The van der Waals surface area contributed by atoms with Gasteiger partial charge in [-0.15, -0.1) is 0 Å². The third kappa shape index (κ3) is 58.8. The molecule has 0 rings (SSSR count). The van der Waals surface area contributed by atoms with Crippen molar-refractivity contribution in [3.8, 4) is 0 Å². The summed E-state index contributed by atoms with van der Waals surface area (Å²) >= 11 is 0. The zero-order valence-corrected chi connectivity index (χ0v) is 50.0. The summed E-state index contributed by atoms with van der Waals surface area (Å²) in [6, 6.07) is 0. The highest BCUT2D eigenvalue weighted by Crippen LogP contribution is 2.17.